The topological polar surface area (TPSA) is 59.6 Å². The minimum absolute atomic E-state index is 0.0423. The van der Waals surface area contributed by atoms with Crippen molar-refractivity contribution in [3.63, 3.8) is 0 Å². The Morgan fingerprint density at radius 3 is 2.81 bits per heavy atom. The van der Waals surface area contributed by atoms with E-state index in [2.05, 4.69) is 15.4 Å². The van der Waals surface area contributed by atoms with Gasteiger partial charge in [0, 0.05) is 25.4 Å². The van der Waals surface area contributed by atoms with E-state index in [0.29, 0.717) is 13.0 Å². The highest BCUT2D eigenvalue weighted by molar-refractivity contribution is 5.95. The zero-order valence-corrected chi connectivity index (χ0v) is 11.2. The second-order valence-corrected chi connectivity index (χ2v) is 4.57. The van der Waals surface area contributed by atoms with Crippen LogP contribution in [-0.2, 0) is 9.53 Å². The summed E-state index contributed by atoms with van der Waals surface area (Å²) in [5, 5.41) is 5.48. The lowest BCUT2D eigenvalue weighted by Crippen LogP contribution is -2.35. The van der Waals surface area contributed by atoms with Crippen molar-refractivity contribution in [3.8, 4) is 5.75 Å². The number of carbonyl (C=O) groups excluding carboxylic acids is 1. The fraction of sp³-hybridized carbons (Fsp3) is 0.462. The highest BCUT2D eigenvalue weighted by Crippen LogP contribution is 2.23. The number of benzene rings is 1. The molecule has 1 aromatic carbocycles. The summed E-state index contributed by atoms with van der Waals surface area (Å²) in [5.41, 5.74) is 0.168. The maximum absolute atomic E-state index is 13.5. The van der Waals surface area contributed by atoms with Crippen LogP contribution in [0.4, 0.5) is 18.9 Å². The lowest BCUT2D eigenvalue weighted by molar-refractivity contribution is -0.118. The quantitative estimate of drug-likeness (QED) is 0.870. The lowest BCUT2D eigenvalue weighted by atomic mass is 10.2. The third kappa shape index (κ3) is 4.08. The number of carbonyl (C=O) groups is 1. The summed E-state index contributed by atoms with van der Waals surface area (Å²) >= 11 is 0. The maximum Gasteiger partial charge on any atom is 0.387 e. The fourth-order valence-electron chi connectivity index (χ4n) is 2.08. The number of nitrogens with one attached hydrogen (secondary N) is 2. The molecule has 0 aliphatic carbocycles. The summed E-state index contributed by atoms with van der Waals surface area (Å²) < 4.78 is 46.6. The summed E-state index contributed by atoms with van der Waals surface area (Å²) in [7, 11) is 1.56. The Bertz CT molecular complexity index is 513. The van der Waals surface area contributed by atoms with Gasteiger partial charge in [0.2, 0.25) is 5.91 Å². The second-order valence-electron chi connectivity index (χ2n) is 4.57. The van der Waals surface area contributed by atoms with Crippen LogP contribution in [0, 0.1) is 5.82 Å². The normalized spacial score (nSPS) is 21.6. The van der Waals surface area contributed by atoms with Crippen LogP contribution in [0.15, 0.2) is 18.2 Å². The summed E-state index contributed by atoms with van der Waals surface area (Å²) in [6, 6.07) is 2.83. The molecule has 1 aliphatic rings. The van der Waals surface area contributed by atoms with Crippen LogP contribution < -0.4 is 15.4 Å². The molecule has 2 unspecified atom stereocenters. The number of hydrogen-bond donors (Lipinski definition) is 2. The van der Waals surface area contributed by atoms with Crippen LogP contribution in [0.1, 0.15) is 6.42 Å². The molecule has 1 saturated heterocycles. The van der Waals surface area contributed by atoms with Gasteiger partial charge in [0.15, 0.2) is 11.6 Å². The molecule has 2 rings (SSSR count). The Morgan fingerprint density at radius 2 is 2.24 bits per heavy atom. The molecule has 2 atom stereocenters. The van der Waals surface area contributed by atoms with Gasteiger partial charge in [-0.1, -0.05) is 0 Å². The van der Waals surface area contributed by atoms with Crippen molar-refractivity contribution in [2.75, 3.05) is 19.0 Å². The smallest absolute Gasteiger partial charge is 0.387 e. The van der Waals surface area contributed by atoms with Crippen molar-refractivity contribution < 1.29 is 27.4 Å². The van der Waals surface area contributed by atoms with Gasteiger partial charge >= 0.3 is 6.61 Å². The molecule has 21 heavy (non-hydrogen) atoms. The number of amides is 1. The molecule has 0 radical (unpaired) electrons. The average Bonchev–Trinajstić information content (AvgIpc) is 2.90. The van der Waals surface area contributed by atoms with Crippen molar-refractivity contribution >= 4 is 11.6 Å². The Kier molecular flexibility index (Phi) is 5.03. The minimum atomic E-state index is -3.10. The predicted molar refractivity (Wildman–Crippen MR) is 68.9 cm³/mol. The molecule has 8 heteroatoms. The number of alkyl halides is 2. The molecule has 1 amide bonds. The standard InChI is InChI=1S/C13H15F3N2O3/c1-20-8-5-10(17-6-8)12(19)18-7-2-3-11(9(14)4-7)21-13(15)16/h2-4,8,10,13,17H,5-6H2,1H3,(H,18,19). The lowest BCUT2D eigenvalue weighted by Gasteiger charge is -2.12. The Morgan fingerprint density at radius 1 is 1.48 bits per heavy atom. The van der Waals surface area contributed by atoms with Crippen LogP contribution in [0.25, 0.3) is 0 Å². The Hall–Kier alpha value is -1.80. The summed E-state index contributed by atoms with van der Waals surface area (Å²) in [6.45, 7) is -2.54. The van der Waals surface area contributed by atoms with E-state index in [1.165, 1.54) is 6.07 Å². The fourth-order valence-corrected chi connectivity index (χ4v) is 2.08. The van der Waals surface area contributed by atoms with Gasteiger partial charge in [-0.2, -0.15) is 8.78 Å². The SMILES string of the molecule is COC1CNC(C(=O)Nc2ccc(OC(F)F)c(F)c2)C1. The zero-order valence-electron chi connectivity index (χ0n) is 11.2. The number of anilines is 1. The van der Waals surface area contributed by atoms with E-state index in [1.807, 2.05) is 0 Å². The van der Waals surface area contributed by atoms with Crippen LogP contribution in [0.2, 0.25) is 0 Å². The monoisotopic (exact) mass is 304 g/mol. The first-order valence-electron chi connectivity index (χ1n) is 6.31. The van der Waals surface area contributed by atoms with Gasteiger partial charge in [-0.3, -0.25) is 4.79 Å². The number of halogens is 3. The van der Waals surface area contributed by atoms with Gasteiger partial charge in [-0.05, 0) is 18.6 Å². The van der Waals surface area contributed by atoms with Crippen LogP contribution >= 0.6 is 0 Å². The number of ether oxygens (including phenoxy) is 2. The largest absolute Gasteiger partial charge is 0.432 e. The summed E-state index contributed by atoms with van der Waals surface area (Å²) in [5.74, 6) is -1.87. The zero-order chi connectivity index (χ0) is 15.4. The van der Waals surface area contributed by atoms with E-state index in [-0.39, 0.29) is 17.7 Å². The average molecular weight is 304 g/mol. The molecule has 0 saturated carbocycles. The predicted octanol–water partition coefficient (Wildman–Crippen LogP) is 1.74. The molecule has 116 valence electrons. The second kappa shape index (κ2) is 6.77. The molecular formula is C13H15F3N2O3. The number of methoxy groups -OCH3 is 1. The van der Waals surface area contributed by atoms with Gasteiger partial charge in [-0.25, -0.2) is 4.39 Å². The third-order valence-electron chi connectivity index (χ3n) is 3.16. The Labute approximate surface area is 119 Å². The molecule has 1 heterocycles. The molecule has 1 aliphatic heterocycles. The van der Waals surface area contributed by atoms with E-state index in [9.17, 15) is 18.0 Å². The van der Waals surface area contributed by atoms with Crippen molar-refractivity contribution in [3.05, 3.63) is 24.0 Å². The highest BCUT2D eigenvalue weighted by Gasteiger charge is 2.29. The molecule has 0 spiro atoms. The van der Waals surface area contributed by atoms with E-state index in [0.717, 1.165) is 12.1 Å². The van der Waals surface area contributed by atoms with Gasteiger partial charge in [0.05, 0.1) is 12.1 Å². The number of rotatable bonds is 5. The van der Waals surface area contributed by atoms with Crippen molar-refractivity contribution in [1.82, 2.24) is 5.32 Å². The molecule has 5 nitrogen and oxygen atoms in total. The first kappa shape index (κ1) is 15.6. The van der Waals surface area contributed by atoms with Gasteiger partial charge in [0.25, 0.3) is 0 Å². The van der Waals surface area contributed by atoms with Crippen molar-refractivity contribution in [2.45, 2.75) is 25.2 Å². The summed E-state index contributed by atoms with van der Waals surface area (Å²) in [6.07, 6.45) is 0.469. The van der Waals surface area contributed by atoms with Gasteiger partial charge in [0.1, 0.15) is 0 Å². The molecular weight excluding hydrogens is 289 g/mol. The van der Waals surface area contributed by atoms with Gasteiger partial charge in [-0.15, -0.1) is 0 Å². The third-order valence-corrected chi connectivity index (χ3v) is 3.16. The Balaban J connectivity index is 1.97. The molecule has 1 fully saturated rings. The van der Waals surface area contributed by atoms with E-state index >= 15 is 0 Å². The van der Waals surface area contributed by atoms with Gasteiger partial charge < -0.3 is 20.1 Å². The number of hydrogen-bond acceptors (Lipinski definition) is 4. The summed E-state index contributed by atoms with van der Waals surface area (Å²) in [4.78, 5) is 11.9. The maximum atomic E-state index is 13.5. The van der Waals surface area contributed by atoms with E-state index in [4.69, 9.17) is 4.74 Å². The van der Waals surface area contributed by atoms with E-state index in [1.54, 1.807) is 7.11 Å². The van der Waals surface area contributed by atoms with Crippen LogP contribution in [0.5, 0.6) is 5.75 Å². The van der Waals surface area contributed by atoms with Crippen molar-refractivity contribution in [1.29, 1.82) is 0 Å². The molecule has 0 bridgehead atoms. The first-order chi connectivity index (χ1) is 9.99. The van der Waals surface area contributed by atoms with Crippen LogP contribution in [-0.4, -0.2) is 38.3 Å². The first-order valence-corrected chi connectivity index (χ1v) is 6.31. The van der Waals surface area contributed by atoms with Crippen LogP contribution in [0.3, 0.4) is 0 Å². The van der Waals surface area contributed by atoms with E-state index < -0.39 is 24.2 Å². The highest BCUT2D eigenvalue weighted by atomic mass is 19.3. The van der Waals surface area contributed by atoms with Crippen molar-refractivity contribution in [2.24, 2.45) is 0 Å². The molecule has 0 aromatic heterocycles. The molecule has 2 N–H and O–H groups in total. The molecule has 1 aromatic rings. The minimum Gasteiger partial charge on any atom is -0.432 e.